The second-order valence-corrected chi connectivity index (χ2v) is 7.89. The zero-order chi connectivity index (χ0) is 15.6. The Labute approximate surface area is 139 Å². The lowest BCUT2D eigenvalue weighted by atomic mass is 9.88. The Balaban J connectivity index is 1.39. The topological polar surface area (TPSA) is 54.0 Å². The Morgan fingerprint density at radius 1 is 1.00 bits per heavy atom. The van der Waals surface area contributed by atoms with Gasteiger partial charge in [0, 0.05) is 0 Å². The van der Waals surface area contributed by atoms with Gasteiger partial charge in [-0.1, -0.05) is 25.7 Å². The fourth-order valence-corrected chi connectivity index (χ4v) is 4.95. The van der Waals surface area contributed by atoms with Crippen LogP contribution in [-0.2, 0) is 9.47 Å². The van der Waals surface area contributed by atoms with Gasteiger partial charge in [0.2, 0.25) is 0 Å². The molecule has 3 aliphatic heterocycles. The van der Waals surface area contributed by atoms with E-state index in [1.807, 2.05) is 0 Å². The maximum absolute atomic E-state index is 11.0. The summed E-state index contributed by atoms with van der Waals surface area (Å²) in [5.41, 5.74) is 0. The van der Waals surface area contributed by atoms with Crippen LogP contribution in [0.25, 0.3) is 0 Å². The first kappa shape index (κ1) is 16.3. The summed E-state index contributed by atoms with van der Waals surface area (Å²) in [4.78, 5) is 2.40. The monoisotopic (exact) mass is 324 g/mol. The van der Waals surface area contributed by atoms with Crippen LogP contribution >= 0.6 is 0 Å². The van der Waals surface area contributed by atoms with Crippen molar-refractivity contribution < 1.29 is 14.6 Å². The first-order chi connectivity index (χ1) is 11.3. The van der Waals surface area contributed by atoms with Crippen LogP contribution in [0.4, 0.5) is 0 Å². The quantitative estimate of drug-likeness (QED) is 0.821. The lowest BCUT2D eigenvalue weighted by molar-refractivity contribution is -0.184. The van der Waals surface area contributed by atoms with Gasteiger partial charge in [0.05, 0.1) is 24.8 Å². The largest absolute Gasteiger partial charge is 0.390 e. The van der Waals surface area contributed by atoms with Crippen LogP contribution in [0.3, 0.4) is 0 Å². The SMILES string of the molecule is O[C@H]1[C@H](NCC2CCCCC2)[C@H]2CO[C@H](O2)[C@@H]1N1CCCCC1. The Hall–Kier alpha value is -0.200. The minimum atomic E-state index is -0.386. The zero-order valence-corrected chi connectivity index (χ0v) is 14.2. The molecule has 5 heteroatoms. The summed E-state index contributed by atoms with van der Waals surface area (Å²) in [6, 6.07) is 0.0144. The molecule has 2 bridgehead atoms. The highest BCUT2D eigenvalue weighted by atomic mass is 16.7. The van der Waals surface area contributed by atoms with Crippen molar-refractivity contribution in [1.82, 2.24) is 10.2 Å². The van der Waals surface area contributed by atoms with Crippen molar-refractivity contribution in [1.29, 1.82) is 0 Å². The van der Waals surface area contributed by atoms with E-state index in [4.69, 9.17) is 9.47 Å². The maximum Gasteiger partial charge on any atom is 0.176 e. The normalized spacial score (nSPS) is 42.9. The summed E-state index contributed by atoms with van der Waals surface area (Å²) in [7, 11) is 0. The highest BCUT2D eigenvalue weighted by molar-refractivity contribution is 5.02. The van der Waals surface area contributed by atoms with Gasteiger partial charge in [0.15, 0.2) is 6.29 Å². The van der Waals surface area contributed by atoms with Crippen molar-refractivity contribution in [2.75, 3.05) is 26.2 Å². The van der Waals surface area contributed by atoms with Crippen LogP contribution in [0.5, 0.6) is 0 Å². The first-order valence-corrected chi connectivity index (χ1v) is 9.75. The van der Waals surface area contributed by atoms with Gasteiger partial charge >= 0.3 is 0 Å². The molecule has 1 saturated carbocycles. The van der Waals surface area contributed by atoms with E-state index in [9.17, 15) is 5.11 Å². The molecule has 4 rings (SSSR count). The minimum absolute atomic E-state index is 0.00194. The highest BCUT2D eigenvalue weighted by Crippen LogP contribution is 2.33. The molecule has 5 atom stereocenters. The van der Waals surface area contributed by atoms with Crippen molar-refractivity contribution in [3.05, 3.63) is 0 Å². The Morgan fingerprint density at radius 2 is 1.74 bits per heavy atom. The van der Waals surface area contributed by atoms with Gasteiger partial charge < -0.3 is 19.9 Å². The van der Waals surface area contributed by atoms with Gasteiger partial charge in [-0.3, -0.25) is 4.90 Å². The molecule has 0 aromatic rings. The third kappa shape index (κ3) is 3.45. The summed E-state index contributed by atoms with van der Waals surface area (Å²) in [5, 5.41) is 14.7. The summed E-state index contributed by atoms with van der Waals surface area (Å²) < 4.78 is 12.0. The number of hydrogen-bond acceptors (Lipinski definition) is 5. The van der Waals surface area contributed by atoms with E-state index in [1.54, 1.807) is 0 Å². The molecule has 2 N–H and O–H groups in total. The van der Waals surface area contributed by atoms with Gasteiger partial charge in [0.25, 0.3) is 0 Å². The summed E-state index contributed by atoms with van der Waals surface area (Å²) in [6.07, 6.45) is 9.91. The number of nitrogens with zero attached hydrogens (tertiary/aromatic N) is 1. The van der Waals surface area contributed by atoms with Gasteiger partial charge in [-0.25, -0.2) is 0 Å². The number of aliphatic hydroxyl groups is 1. The number of aliphatic hydroxyl groups excluding tert-OH is 1. The van der Waals surface area contributed by atoms with Gasteiger partial charge in [-0.05, 0) is 51.2 Å². The molecule has 3 heterocycles. The van der Waals surface area contributed by atoms with Gasteiger partial charge in [-0.15, -0.1) is 0 Å². The van der Waals surface area contributed by atoms with Crippen molar-refractivity contribution in [2.45, 2.75) is 81.9 Å². The second kappa shape index (κ2) is 7.36. The van der Waals surface area contributed by atoms with E-state index < -0.39 is 0 Å². The summed E-state index contributed by atoms with van der Waals surface area (Å²) in [5.74, 6) is 0.768. The Bertz CT molecular complexity index is 382. The number of fused-ring (bicyclic) bond motifs is 2. The second-order valence-electron chi connectivity index (χ2n) is 7.89. The van der Waals surface area contributed by atoms with Crippen LogP contribution < -0.4 is 5.32 Å². The number of likely N-dealkylation sites (tertiary alicyclic amines) is 1. The number of rotatable bonds is 4. The van der Waals surface area contributed by atoms with Crippen molar-refractivity contribution in [3.63, 3.8) is 0 Å². The van der Waals surface area contributed by atoms with E-state index in [2.05, 4.69) is 10.2 Å². The van der Waals surface area contributed by atoms with Crippen LogP contribution in [0.15, 0.2) is 0 Å². The predicted octanol–water partition coefficient (Wildman–Crippen LogP) is 1.50. The Morgan fingerprint density at radius 3 is 2.52 bits per heavy atom. The number of piperidine rings is 1. The standard InChI is InChI=1S/C18H32N2O3/c21-17-15(19-11-13-7-3-1-4-8-13)14-12-22-18(23-14)16(17)20-9-5-2-6-10-20/h13-19,21H,1-12H2/t14-,15-,16-,17+,18-/m1/s1. The number of hydrogen-bond donors (Lipinski definition) is 2. The zero-order valence-electron chi connectivity index (χ0n) is 14.2. The Kier molecular flexibility index (Phi) is 5.21. The molecule has 4 fully saturated rings. The average molecular weight is 324 g/mol. The molecule has 4 aliphatic rings. The third-order valence-corrected chi connectivity index (χ3v) is 6.31. The average Bonchev–Trinajstić information content (AvgIpc) is 3.02. The molecule has 0 radical (unpaired) electrons. The smallest absolute Gasteiger partial charge is 0.176 e. The fraction of sp³-hybridized carbons (Fsp3) is 1.00. The molecule has 0 aromatic carbocycles. The van der Waals surface area contributed by atoms with Crippen molar-refractivity contribution >= 4 is 0 Å². The summed E-state index contributed by atoms with van der Waals surface area (Å²) in [6.45, 7) is 3.75. The molecule has 1 aliphatic carbocycles. The highest BCUT2D eigenvalue weighted by Gasteiger charge is 2.52. The molecule has 3 saturated heterocycles. The van der Waals surface area contributed by atoms with Crippen LogP contribution in [0, 0.1) is 5.92 Å². The first-order valence-electron chi connectivity index (χ1n) is 9.75. The molecular formula is C18H32N2O3. The van der Waals surface area contributed by atoms with Crippen molar-refractivity contribution in [2.24, 2.45) is 5.92 Å². The number of ether oxygens (including phenoxy) is 2. The van der Waals surface area contributed by atoms with Crippen molar-refractivity contribution in [3.8, 4) is 0 Å². The molecule has 0 spiro atoms. The van der Waals surface area contributed by atoms with Gasteiger partial charge in [0.1, 0.15) is 6.10 Å². The maximum atomic E-state index is 11.0. The summed E-state index contributed by atoms with van der Waals surface area (Å²) >= 11 is 0. The van der Waals surface area contributed by atoms with E-state index in [1.165, 1.54) is 51.4 Å². The molecule has 132 valence electrons. The molecule has 5 nitrogen and oxygen atoms in total. The molecule has 23 heavy (non-hydrogen) atoms. The third-order valence-electron chi connectivity index (χ3n) is 6.31. The predicted molar refractivity (Wildman–Crippen MR) is 88.2 cm³/mol. The lowest BCUT2D eigenvalue weighted by Crippen LogP contribution is -2.65. The lowest BCUT2D eigenvalue weighted by Gasteiger charge is -2.45. The fourth-order valence-electron chi connectivity index (χ4n) is 4.95. The van der Waals surface area contributed by atoms with E-state index >= 15 is 0 Å². The van der Waals surface area contributed by atoms with E-state index in [0.29, 0.717) is 6.61 Å². The molecular weight excluding hydrogens is 292 g/mol. The van der Waals surface area contributed by atoms with E-state index in [-0.39, 0.29) is 30.6 Å². The minimum Gasteiger partial charge on any atom is -0.390 e. The number of nitrogens with one attached hydrogen (secondary N) is 1. The van der Waals surface area contributed by atoms with Crippen LogP contribution in [0.2, 0.25) is 0 Å². The van der Waals surface area contributed by atoms with E-state index in [0.717, 1.165) is 25.6 Å². The molecule has 0 aromatic heterocycles. The van der Waals surface area contributed by atoms with Crippen LogP contribution in [-0.4, -0.2) is 66.8 Å². The van der Waals surface area contributed by atoms with Gasteiger partial charge in [-0.2, -0.15) is 0 Å². The van der Waals surface area contributed by atoms with Crippen LogP contribution in [0.1, 0.15) is 51.4 Å². The molecule has 0 unspecified atom stereocenters. The molecule has 0 amide bonds.